The summed E-state index contributed by atoms with van der Waals surface area (Å²) in [5.74, 6) is 0.131. The van der Waals surface area contributed by atoms with Crippen LogP contribution in [0.2, 0.25) is 0 Å². The van der Waals surface area contributed by atoms with Crippen LogP contribution in [0.1, 0.15) is 23.6 Å². The summed E-state index contributed by atoms with van der Waals surface area (Å²) in [5, 5.41) is 3.09. The largest absolute Gasteiger partial charge is 0.369 e. The van der Waals surface area contributed by atoms with Crippen LogP contribution in [0.15, 0.2) is 48.5 Å². The lowest BCUT2D eigenvalue weighted by molar-refractivity contribution is -0.125. The first kappa shape index (κ1) is 19.4. The number of benzene rings is 2. The fraction of sp³-hybridized carbons (Fsp3) is 0.435. The third-order valence-corrected chi connectivity index (χ3v) is 5.71. The number of nitrogens with one attached hydrogen (secondary N) is 1. The second kappa shape index (κ2) is 9.05. The third-order valence-electron chi connectivity index (χ3n) is 5.71. The van der Waals surface area contributed by atoms with E-state index >= 15 is 0 Å². The molecule has 0 bridgehead atoms. The Kier molecular flexibility index (Phi) is 6.51. The molecule has 4 heteroatoms. The highest BCUT2D eigenvalue weighted by molar-refractivity contribution is 5.81. The molecule has 27 heavy (non-hydrogen) atoms. The molecule has 2 aromatic carbocycles. The minimum Gasteiger partial charge on any atom is -0.369 e. The summed E-state index contributed by atoms with van der Waals surface area (Å²) < 4.78 is 0. The van der Waals surface area contributed by atoms with Crippen LogP contribution < -0.4 is 10.2 Å². The zero-order chi connectivity index (χ0) is 19.2. The monoisotopic (exact) mass is 365 g/mol. The fourth-order valence-corrected chi connectivity index (χ4v) is 3.72. The Labute approximate surface area is 163 Å². The van der Waals surface area contributed by atoms with Gasteiger partial charge in [0.05, 0.1) is 6.04 Å². The van der Waals surface area contributed by atoms with Crippen molar-refractivity contribution in [3.8, 4) is 0 Å². The molecule has 0 unspecified atom stereocenters. The van der Waals surface area contributed by atoms with Crippen LogP contribution in [0.4, 0.5) is 5.69 Å². The predicted octanol–water partition coefficient (Wildman–Crippen LogP) is 3.17. The van der Waals surface area contributed by atoms with Crippen molar-refractivity contribution in [3.63, 3.8) is 0 Å². The molecule has 1 amide bonds. The van der Waals surface area contributed by atoms with Crippen molar-refractivity contribution in [1.29, 1.82) is 0 Å². The molecule has 0 saturated carbocycles. The number of hydrogen-bond acceptors (Lipinski definition) is 3. The molecule has 1 heterocycles. The van der Waals surface area contributed by atoms with Crippen LogP contribution in [0.25, 0.3) is 0 Å². The molecule has 0 spiro atoms. The van der Waals surface area contributed by atoms with Gasteiger partial charge in [-0.3, -0.25) is 9.69 Å². The van der Waals surface area contributed by atoms with Crippen molar-refractivity contribution in [3.05, 3.63) is 65.2 Å². The van der Waals surface area contributed by atoms with E-state index in [-0.39, 0.29) is 11.9 Å². The minimum absolute atomic E-state index is 0.0819. The van der Waals surface area contributed by atoms with Gasteiger partial charge in [-0.15, -0.1) is 0 Å². The lowest BCUT2D eigenvalue weighted by Gasteiger charge is -2.39. The molecule has 0 aliphatic carbocycles. The summed E-state index contributed by atoms with van der Waals surface area (Å²) in [4.78, 5) is 17.3. The summed E-state index contributed by atoms with van der Waals surface area (Å²) in [6.45, 7) is 10.8. The fourth-order valence-electron chi connectivity index (χ4n) is 3.72. The topological polar surface area (TPSA) is 35.6 Å². The zero-order valence-electron chi connectivity index (χ0n) is 16.7. The second-order valence-corrected chi connectivity index (χ2v) is 7.44. The number of anilines is 1. The van der Waals surface area contributed by atoms with Gasteiger partial charge in [0.2, 0.25) is 5.91 Å². The molecule has 1 N–H and O–H groups in total. The van der Waals surface area contributed by atoms with E-state index in [0.29, 0.717) is 6.54 Å². The van der Waals surface area contributed by atoms with Gasteiger partial charge in [-0.05, 0) is 49.9 Å². The summed E-state index contributed by atoms with van der Waals surface area (Å²) in [6.07, 6.45) is 0.875. The number of aryl methyl sites for hydroxylation is 1. The van der Waals surface area contributed by atoms with Crippen molar-refractivity contribution in [2.75, 3.05) is 37.6 Å². The Morgan fingerprint density at radius 1 is 1.00 bits per heavy atom. The molecule has 3 rings (SSSR count). The molecule has 2 aromatic rings. The standard InChI is InChI=1S/C23H31N3O/c1-18-8-7-11-22(19(18)2)26-16-14-25(15-17-26)20(3)23(27)24-13-12-21-9-5-4-6-10-21/h4-11,20H,12-17H2,1-3H3,(H,24,27)/t20-/m1/s1. The van der Waals surface area contributed by atoms with E-state index in [4.69, 9.17) is 0 Å². The van der Waals surface area contributed by atoms with Crippen molar-refractivity contribution in [2.45, 2.75) is 33.2 Å². The second-order valence-electron chi connectivity index (χ2n) is 7.44. The highest BCUT2D eigenvalue weighted by atomic mass is 16.2. The lowest BCUT2D eigenvalue weighted by atomic mass is 10.1. The van der Waals surface area contributed by atoms with Gasteiger partial charge in [0.15, 0.2) is 0 Å². The Hall–Kier alpha value is -2.33. The van der Waals surface area contributed by atoms with Crippen LogP contribution >= 0.6 is 0 Å². The summed E-state index contributed by atoms with van der Waals surface area (Å²) in [7, 11) is 0. The highest BCUT2D eigenvalue weighted by Gasteiger charge is 2.26. The average molecular weight is 366 g/mol. The van der Waals surface area contributed by atoms with Gasteiger partial charge in [0.25, 0.3) is 0 Å². The van der Waals surface area contributed by atoms with Crippen LogP contribution in [-0.2, 0) is 11.2 Å². The number of rotatable bonds is 6. The molecule has 1 atom stereocenters. The van der Waals surface area contributed by atoms with E-state index in [0.717, 1.165) is 32.6 Å². The molecule has 0 radical (unpaired) electrons. The quantitative estimate of drug-likeness (QED) is 0.854. The first-order valence-corrected chi connectivity index (χ1v) is 9.93. The molecular weight excluding hydrogens is 334 g/mol. The zero-order valence-corrected chi connectivity index (χ0v) is 16.7. The third kappa shape index (κ3) is 4.89. The lowest BCUT2D eigenvalue weighted by Crippen LogP contribution is -2.54. The van der Waals surface area contributed by atoms with Crippen molar-refractivity contribution < 1.29 is 4.79 Å². The summed E-state index contributed by atoms with van der Waals surface area (Å²) in [5.41, 5.74) is 5.28. The number of carbonyl (C=O) groups excluding carboxylic acids is 1. The number of piperazine rings is 1. The molecule has 144 valence electrons. The van der Waals surface area contributed by atoms with Gasteiger partial charge in [0.1, 0.15) is 0 Å². The van der Waals surface area contributed by atoms with E-state index in [1.165, 1.54) is 22.4 Å². The Morgan fingerprint density at radius 2 is 1.70 bits per heavy atom. The summed E-state index contributed by atoms with van der Waals surface area (Å²) >= 11 is 0. The number of carbonyl (C=O) groups is 1. The molecule has 4 nitrogen and oxygen atoms in total. The van der Waals surface area contributed by atoms with Crippen molar-refractivity contribution in [1.82, 2.24) is 10.2 Å². The van der Waals surface area contributed by atoms with Crippen LogP contribution in [0.5, 0.6) is 0 Å². The van der Waals surface area contributed by atoms with Gasteiger partial charge in [-0.25, -0.2) is 0 Å². The first-order valence-electron chi connectivity index (χ1n) is 9.93. The predicted molar refractivity (Wildman–Crippen MR) is 112 cm³/mol. The average Bonchev–Trinajstić information content (AvgIpc) is 2.70. The summed E-state index contributed by atoms with van der Waals surface area (Å²) in [6, 6.07) is 16.7. The van der Waals surface area contributed by atoms with E-state index in [2.05, 4.69) is 59.3 Å². The van der Waals surface area contributed by atoms with Gasteiger partial charge in [-0.1, -0.05) is 42.5 Å². The first-order chi connectivity index (χ1) is 13.1. The smallest absolute Gasteiger partial charge is 0.237 e. The molecule has 1 aliphatic rings. The van der Waals surface area contributed by atoms with E-state index in [1.807, 2.05) is 25.1 Å². The Bertz CT molecular complexity index is 751. The van der Waals surface area contributed by atoms with Gasteiger partial charge < -0.3 is 10.2 Å². The van der Waals surface area contributed by atoms with Gasteiger partial charge in [0, 0.05) is 38.4 Å². The Morgan fingerprint density at radius 3 is 2.41 bits per heavy atom. The van der Waals surface area contributed by atoms with Crippen LogP contribution in [0.3, 0.4) is 0 Å². The number of hydrogen-bond donors (Lipinski definition) is 1. The van der Waals surface area contributed by atoms with Crippen LogP contribution in [-0.4, -0.2) is 49.6 Å². The molecule has 1 aliphatic heterocycles. The van der Waals surface area contributed by atoms with Crippen LogP contribution in [0, 0.1) is 13.8 Å². The maximum absolute atomic E-state index is 12.5. The molecule has 1 saturated heterocycles. The number of nitrogens with zero attached hydrogens (tertiary/aromatic N) is 2. The number of amides is 1. The Balaban J connectivity index is 1.47. The molecule has 0 aromatic heterocycles. The van der Waals surface area contributed by atoms with E-state index in [9.17, 15) is 4.79 Å². The van der Waals surface area contributed by atoms with E-state index in [1.54, 1.807) is 0 Å². The van der Waals surface area contributed by atoms with Gasteiger partial charge in [-0.2, -0.15) is 0 Å². The maximum Gasteiger partial charge on any atom is 0.237 e. The van der Waals surface area contributed by atoms with Crippen molar-refractivity contribution >= 4 is 11.6 Å². The SMILES string of the molecule is Cc1cccc(N2CCN([C@H](C)C(=O)NCCc3ccccc3)CC2)c1C. The normalized spacial score (nSPS) is 16.2. The van der Waals surface area contributed by atoms with E-state index < -0.39 is 0 Å². The molecule has 1 fully saturated rings. The van der Waals surface area contributed by atoms with Gasteiger partial charge >= 0.3 is 0 Å². The minimum atomic E-state index is -0.0819. The maximum atomic E-state index is 12.5. The van der Waals surface area contributed by atoms with Crippen molar-refractivity contribution in [2.24, 2.45) is 0 Å². The molecular formula is C23H31N3O. The highest BCUT2D eigenvalue weighted by Crippen LogP contribution is 2.24.